The van der Waals surface area contributed by atoms with Crippen molar-refractivity contribution in [1.82, 2.24) is 0 Å². The largest absolute Gasteiger partial charge is 0.378 e. The van der Waals surface area contributed by atoms with Crippen LogP contribution in [-0.4, -0.2) is 12.7 Å². The molecule has 4 aliphatic carbocycles. The Morgan fingerprint density at radius 1 is 1.00 bits per heavy atom. The van der Waals surface area contributed by atoms with Crippen molar-refractivity contribution in [2.75, 3.05) is 6.61 Å². The fourth-order valence-electron chi connectivity index (χ4n) is 5.08. The summed E-state index contributed by atoms with van der Waals surface area (Å²) in [4.78, 5) is 0. The van der Waals surface area contributed by atoms with Crippen molar-refractivity contribution in [2.45, 2.75) is 72.3 Å². The Balaban J connectivity index is 1.56. The van der Waals surface area contributed by atoms with Crippen molar-refractivity contribution < 1.29 is 4.74 Å². The molecule has 4 bridgehead atoms. The van der Waals surface area contributed by atoms with E-state index < -0.39 is 0 Å². The molecule has 0 N–H and O–H groups in total. The molecule has 4 fully saturated rings. The van der Waals surface area contributed by atoms with Crippen LogP contribution in [0.5, 0.6) is 0 Å². The molecule has 1 heteroatoms. The smallest absolute Gasteiger partial charge is 0.0597 e. The fraction of sp³-hybridized carbons (Fsp3) is 1.00. The van der Waals surface area contributed by atoms with E-state index in [4.69, 9.17) is 4.74 Å². The van der Waals surface area contributed by atoms with Crippen LogP contribution in [-0.2, 0) is 4.74 Å². The van der Waals surface area contributed by atoms with Gasteiger partial charge in [0.15, 0.2) is 0 Å². The Morgan fingerprint density at radius 2 is 1.53 bits per heavy atom. The molecular weight excluding hydrogens is 232 g/mol. The van der Waals surface area contributed by atoms with Gasteiger partial charge in [-0.2, -0.15) is 0 Å². The molecule has 110 valence electrons. The molecule has 0 aromatic heterocycles. The Labute approximate surface area is 119 Å². The highest BCUT2D eigenvalue weighted by molar-refractivity contribution is 4.98. The molecule has 0 aromatic rings. The third kappa shape index (κ3) is 2.60. The van der Waals surface area contributed by atoms with Gasteiger partial charge in [-0.3, -0.25) is 0 Å². The van der Waals surface area contributed by atoms with Crippen molar-refractivity contribution in [3.8, 4) is 0 Å². The molecule has 0 spiro atoms. The number of ether oxygens (including phenoxy) is 1. The first-order valence-corrected chi connectivity index (χ1v) is 8.61. The lowest BCUT2D eigenvalue weighted by atomic mass is 9.52. The average Bonchev–Trinajstić information content (AvgIpc) is 2.36. The van der Waals surface area contributed by atoms with Gasteiger partial charge in [-0.05, 0) is 80.5 Å². The van der Waals surface area contributed by atoms with Crippen LogP contribution in [0.2, 0.25) is 0 Å². The molecule has 1 unspecified atom stereocenters. The topological polar surface area (TPSA) is 9.23 Å². The zero-order valence-electron chi connectivity index (χ0n) is 13.3. The highest BCUT2D eigenvalue weighted by Crippen LogP contribution is 2.56. The zero-order chi connectivity index (χ0) is 13.6. The molecule has 0 aliphatic heterocycles. The molecular formula is C18H32O. The van der Waals surface area contributed by atoms with Crippen LogP contribution < -0.4 is 0 Å². The summed E-state index contributed by atoms with van der Waals surface area (Å²) in [5, 5.41) is 0. The van der Waals surface area contributed by atoms with Crippen LogP contribution in [0.15, 0.2) is 0 Å². The minimum absolute atomic E-state index is 0.325. The standard InChI is InChI=1S/C18H32O/c1-5-18(3,4)12(2)19-11-17-15-7-13-6-14(9-15)10-16(17)8-13/h12-17H,5-11H2,1-4H3. The van der Waals surface area contributed by atoms with E-state index in [1.165, 1.54) is 32.1 Å². The Kier molecular flexibility index (Phi) is 3.71. The SMILES string of the molecule is CCC(C)(C)C(C)OCC1C2CC3CC(C2)CC1C3. The number of hydrogen-bond donors (Lipinski definition) is 0. The molecule has 4 saturated carbocycles. The summed E-state index contributed by atoms with van der Waals surface area (Å²) in [6.07, 6.45) is 9.24. The fourth-order valence-corrected chi connectivity index (χ4v) is 5.08. The van der Waals surface area contributed by atoms with Crippen LogP contribution in [0.25, 0.3) is 0 Å². The lowest BCUT2D eigenvalue weighted by Gasteiger charge is -2.54. The molecule has 1 nitrogen and oxygen atoms in total. The van der Waals surface area contributed by atoms with E-state index in [9.17, 15) is 0 Å². The summed E-state index contributed by atoms with van der Waals surface area (Å²) in [6, 6.07) is 0. The lowest BCUT2D eigenvalue weighted by Crippen LogP contribution is -2.47. The quantitative estimate of drug-likeness (QED) is 0.686. The van der Waals surface area contributed by atoms with Gasteiger partial charge in [0.2, 0.25) is 0 Å². The van der Waals surface area contributed by atoms with Gasteiger partial charge in [-0.1, -0.05) is 20.8 Å². The monoisotopic (exact) mass is 264 g/mol. The predicted octanol–water partition coefficient (Wildman–Crippen LogP) is 4.90. The maximum Gasteiger partial charge on any atom is 0.0597 e. The maximum atomic E-state index is 6.32. The molecule has 1 atom stereocenters. The molecule has 0 saturated heterocycles. The van der Waals surface area contributed by atoms with E-state index in [1.807, 2.05) is 0 Å². The van der Waals surface area contributed by atoms with Crippen molar-refractivity contribution in [1.29, 1.82) is 0 Å². The van der Waals surface area contributed by atoms with E-state index in [0.717, 1.165) is 36.2 Å². The van der Waals surface area contributed by atoms with Crippen LogP contribution >= 0.6 is 0 Å². The summed E-state index contributed by atoms with van der Waals surface area (Å²) in [5.41, 5.74) is 0.325. The van der Waals surface area contributed by atoms with Crippen LogP contribution in [0.3, 0.4) is 0 Å². The van der Waals surface area contributed by atoms with Crippen LogP contribution in [0.4, 0.5) is 0 Å². The Hall–Kier alpha value is -0.0400. The summed E-state index contributed by atoms with van der Waals surface area (Å²) in [5.74, 6) is 5.08. The number of hydrogen-bond acceptors (Lipinski definition) is 1. The molecule has 4 rings (SSSR count). The summed E-state index contributed by atoms with van der Waals surface area (Å²) >= 11 is 0. The zero-order valence-corrected chi connectivity index (χ0v) is 13.3. The Morgan fingerprint density at radius 3 is 2.00 bits per heavy atom. The molecule has 19 heavy (non-hydrogen) atoms. The van der Waals surface area contributed by atoms with E-state index in [2.05, 4.69) is 27.7 Å². The van der Waals surface area contributed by atoms with Gasteiger partial charge in [0.25, 0.3) is 0 Å². The summed E-state index contributed by atoms with van der Waals surface area (Å²) in [7, 11) is 0. The van der Waals surface area contributed by atoms with Crippen molar-refractivity contribution in [2.24, 2.45) is 35.0 Å². The van der Waals surface area contributed by atoms with Gasteiger partial charge in [0.05, 0.1) is 12.7 Å². The van der Waals surface area contributed by atoms with Gasteiger partial charge in [0.1, 0.15) is 0 Å². The minimum atomic E-state index is 0.325. The highest BCUT2D eigenvalue weighted by atomic mass is 16.5. The lowest BCUT2D eigenvalue weighted by molar-refractivity contribution is -0.102. The first-order valence-electron chi connectivity index (χ1n) is 8.61. The van der Waals surface area contributed by atoms with E-state index >= 15 is 0 Å². The third-order valence-corrected chi connectivity index (χ3v) is 6.97. The second-order valence-electron chi connectivity index (χ2n) is 8.41. The van der Waals surface area contributed by atoms with Crippen LogP contribution in [0, 0.1) is 35.0 Å². The van der Waals surface area contributed by atoms with Gasteiger partial charge in [-0.15, -0.1) is 0 Å². The molecule has 0 amide bonds. The minimum Gasteiger partial charge on any atom is -0.378 e. The van der Waals surface area contributed by atoms with E-state index in [-0.39, 0.29) is 0 Å². The second-order valence-corrected chi connectivity index (χ2v) is 8.41. The van der Waals surface area contributed by atoms with E-state index in [0.29, 0.717) is 11.5 Å². The normalized spacial score (nSPS) is 42.6. The third-order valence-electron chi connectivity index (χ3n) is 6.97. The summed E-state index contributed by atoms with van der Waals surface area (Å²) < 4.78 is 6.32. The molecule has 0 heterocycles. The second kappa shape index (κ2) is 5.06. The maximum absolute atomic E-state index is 6.32. The predicted molar refractivity (Wildman–Crippen MR) is 80.0 cm³/mol. The molecule has 4 aliphatic rings. The molecule has 0 radical (unpaired) electrons. The first-order chi connectivity index (χ1) is 8.99. The highest BCUT2D eigenvalue weighted by Gasteiger charge is 2.48. The Bertz CT molecular complexity index is 292. The van der Waals surface area contributed by atoms with Crippen molar-refractivity contribution in [3.63, 3.8) is 0 Å². The van der Waals surface area contributed by atoms with Crippen molar-refractivity contribution >= 4 is 0 Å². The van der Waals surface area contributed by atoms with Gasteiger partial charge >= 0.3 is 0 Å². The summed E-state index contributed by atoms with van der Waals surface area (Å²) in [6.45, 7) is 10.3. The van der Waals surface area contributed by atoms with Gasteiger partial charge < -0.3 is 4.74 Å². The molecule has 0 aromatic carbocycles. The van der Waals surface area contributed by atoms with Gasteiger partial charge in [0, 0.05) is 0 Å². The van der Waals surface area contributed by atoms with Crippen LogP contribution in [0.1, 0.15) is 66.2 Å². The first kappa shape index (κ1) is 13.9. The number of rotatable bonds is 5. The van der Waals surface area contributed by atoms with Gasteiger partial charge in [-0.25, -0.2) is 0 Å². The van der Waals surface area contributed by atoms with Crippen molar-refractivity contribution in [3.05, 3.63) is 0 Å². The van der Waals surface area contributed by atoms with E-state index in [1.54, 1.807) is 6.42 Å². The average molecular weight is 264 g/mol.